The fourth-order valence-corrected chi connectivity index (χ4v) is 2.77. The van der Waals surface area contributed by atoms with Gasteiger partial charge in [0.2, 0.25) is 0 Å². The molecule has 0 unspecified atom stereocenters. The van der Waals surface area contributed by atoms with Crippen LogP contribution in [0.25, 0.3) is 11.0 Å². The van der Waals surface area contributed by atoms with Gasteiger partial charge in [0.1, 0.15) is 5.75 Å². The van der Waals surface area contributed by atoms with Gasteiger partial charge < -0.3 is 19.5 Å². The summed E-state index contributed by atoms with van der Waals surface area (Å²) in [5.41, 5.74) is 1.68. The molecular weight excluding hydrogens is 278 g/mol. The number of hydrogen-bond acceptors (Lipinski definition) is 5. The Balaban J connectivity index is 1.76. The van der Waals surface area contributed by atoms with E-state index < -0.39 is 0 Å². The van der Waals surface area contributed by atoms with E-state index in [0.717, 1.165) is 55.8 Å². The van der Waals surface area contributed by atoms with Crippen molar-refractivity contribution in [3.63, 3.8) is 0 Å². The third-order valence-electron chi connectivity index (χ3n) is 3.69. The summed E-state index contributed by atoms with van der Waals surface area (Å²) in [6.45, 7) is 5.28. The number of nitrogens with one attached hydrogen (secondary N) is 1. The van der Waals surface area contributed by atoms with Crippen molar-refractivity contribution in [2.75, 3.05) is 39.8 Å². The predicted octanol–water partition coefficient (Wildman–Crippen LogP) is 1.94. The number of rotatable bonds is 4. The van der Waals surface area contributed by atoms with Gasteiger partial charge in [-0.1, -0.05) is 16.8 Å². The Morgan fingerprint density at radius 3 is 2.95 bits per heavy atom. The smallest absolute Gasteiger partial charge is 0.170 e. The zero-order valence-corrected chi connectivity index (χ0v) is 12.2. The SMILES string of the molecule is COc1cc2onc(CCN3CCNCC3)c2cc1Cl. The van der Waals surface area contributed by atoms with Gasteiger partial charge >= 0.3 is 0 Å². The number of benzene rings is 1. The normalized spacial score (nSPS) is 16.7. The van der Waals surface area contributed by atoms with E-state index in [1.807, 2.05) is 6.07 Å². The van der Waals surface area contributed by atoms with Crippen molar-refractivity contribution in [2.45, 2.75) is 6.42 Å². The van der Waals surface area contributed by atoms with Crippen LogP contribution >= 0.6 is 11.6 Å². The van der Waals surface area contributed by atoms with Crippen molar-refractivity contribution in [3.8, 4) is 5.75 Å². The number of hydrogen-bond donors (Lipinski definition) is 1. The molecule has 0 aliphatic carbocycles. The average Bonchev–Trinajstić information content (AvgIpc) is 2.87. The number of ether oxygens (including phenoxy) is 1. The van der Waals surface area contributed by atoms with Gasteiger partial charge in [0.25, 0.3) is 0 Å². The highest BCUT2D eigenvalue weighted by molar-refractivity contribution is 6.32. The fourth-order valence-electron chi connectivity index (χ4n) is 2.52. The maximum atomic E-state index is 6.17. The molecule has 0 atom stereocenters. The molecule has 1 aromatic carbocycles. The van der Waals surface area contributed by atoms with Crippen LogP contribution in [0.3, 0.4) is 0 Å². The largest absolute Gasteiger partial charge is 0.495 e. The number of aromatic nitrogens is 1. The van der Waals surface area contributed by atoms with Crippen molar-refractivity contribution in [3.05, 3.63) is 22.8 Å². The van der Waals surface area contributed by atoms with E-state index >= 15 is 0 Å². The molecule has 108 valence electrons. The van der Waals surface area contributed by atoms with E-state index in [0.29, 0.717) is 10.8 Å². The second kappa shape index (κ2) is 5.99. The quantitative estimate of drug-likeness (QED) is 0.934. The molecule has 3 rings (SSSR count). The molecule has 2 aromatic rings. The molecule has 2 heterocycles. The van der Waals surface area contributed by atoms with Crippen LogP contribution in [0.15, 0.2) is 16.7 Å². The van der Waals surface area contributed by atoms with E-state index in [9.17, 15) is 0 Å². The third kappa shape index (κ3) is 2.75. The van der Waals surface area contributed by atoms with Gasteiger partial charge in [-0.05, 0) is 6.07 Å². The highest BCUT2D eigenvalue weighted by Gasteiger charge is 2.15. The van der Waals surface area contributed by atoms with Crippen LogP contribution in [0.4, 0.5) is 0 Å². The summed E-state index contributed by atoms with van der Waals surface area (Å²) < 4.78 is 10.5. The van der Waals surface area contributed by atoms with Crippen LogP contribution in [0, 0.1) is 0 Å². The third-order valence-corrected chi connectivity index (χ3v) is 3.99. The molecule has 1 saturated heterocycles. The Morgan fingerprint density at radius 2 is 2.20 bits per heavy atom. The first-order valence-corrected chi connectivity index (χ1v) is 7.20. The Labute approximate surface area is 122 Å². The highest BCUT2D eigenvalue weighted by Crippen LogP contribution is 2.31. The van der Waals surface area contributed by atoms with Gasteiger partial charge in [-0.3, -0.25) is 0 Å². The lowest BCUT2D eigenvalue weighted by Crippen LogP contribution is -2.44. The van der Waals surface area contributed by atoms with Crippen LogP contribution in [0.2, 0.25) is 5.02 Å². The predicted molar refractivity (Wildman–Crippen MR) is 78.6 cm³/mol. The van der Waals surface area contributed by atoms with Gasteiger partial charge in [-0.25, -0.2) is 0 Å². The first-order chi connectivity index (χ1) is 9.78. The first kappa shape index (κ1) is 13.7. The maximum Gasteiger partial charge on any atom is 0.170 e. The second-order valence-corrected chi connectivity index (χ2v) is 5.36. The van der Waals surface area contributed by atoms with Crippen LogP contribution in [-0.2, 0) is 6.42 Å². The van der Waals surface area contributed by atoms with E-state index in [1.165, 1.54) is 0 Å². The lowest BCUT2D eigenvalue weighted by molar-refractivity contribution is 0.242. The topological polar surface area (TPSA) is 50.5 Å². The van der Waals surface area contributed by atoms with Crippen LogP contribution in [-0.4, -0.2) is 49.9 Å². The van der Waals surface area contributed by atoms with E-state index in [-0.39, 0.29) is 0 Å². The van der Waals surface area contributed by atoms with E-state index in [1.54, 1.807) is 13.2 Å². The van der Waals surface area contributed by atoms with Gasteiger partial charge in [0.05, 0.1) is 17.8 Å². The molecule has 1 aliphatic heterocycles. The summed E-state index contributed by atoms with van der Waals surface area (Å²) in [5.74, 6) is 0.615. The standard InChI is InChI=1S/C14H18ClN3O2/c1-19-14-9-13-10(8-11(14)15)12(17-20-13)2-5-18-6-3-16-4-7-18/h8-9,16H,2-7H2,1H3. The molecule has 6 heteroatoms. The van der Waals surface area contributed by atoms with Crippen LogP contribution in [0.1, 0.15) is 5.69 Å². The van der Waals surface area contributed by atoms with Crippen LogP contribution < -0.4 is 10.1 Å². The van der Waals surface area contributed by atoms with Crippen molar-refractivity contribution >= 4 is 22.6 Å². The lowest BCUT2D eigenvalue weighted by Gasteiger charge is -2.26. The molecule has 1 N–H and O–H groups in total. The first-order valence-electron chi connectivity index (χ1n) is 6.83. The molecule has 1 aliphatic rings. The summed E-state index contributed by atoms with van der Waals surface area (Å²) in [7, 11) is 1.59. The zero-order chi connectivity index (χ0) is 13.9. The lowest BCUT2D eigenvalue weighted by atomic mass is 10.1. The number of methoxy groups -OCH3 is 1. The average molecular weight is 296 g/mol. The number of nitrogens with zero attached hydrogens (tertiary/aromatic N) is 2. The molecule has 0 radical (unpaired) electrons. The maximum absolute atomic E-state index is 6.17. The Morgan fingerprint density at radius 1 is 1.40 bits per heavy atom. The monoisotopic (exact) mass is 295 g/mol. The van der Waals surface area contributed by atoms with E-state index in [4.69, 9.17) is 20.9 Å². The minimum absolute atomic E-state index is 0.589. The summed E-state index contributed by atoms with van der Waals surface area (Å²) in [4.78, 5) is 2.43. The number of halogens is 1. The van der Waals surface area contributed by atoms with Crippen molar-refractivity contribution in [1.82, 2.24) is 15.4 Å². The summed E-state index contributed by atoms with van der Waals surface area (Å²) in [6, 6.07) is 3.66. The number of piperazine rings is 1. The van der Waals surface area contributed by atoms with Gasteiger partial charge in [-0.2, -0.15) is 0 Å². The molecule has 1 fully saturated rings. The van der Waals surface area contributed by atoms with Crippen LogP contribution in [0.5, 0.6) is 5.75 Å². The fraction of sp³-hybridized carbons (Fsp3) is 0.500. The Kier molecular flexibility index (Phi) is 4.10. The van der Waals surface area contributed by atoms with Gasteiger partial charge in [0.15, 0.2) is 5.58 Å². The van der Waals surface area contributed by atoms with Crippen molar-refractivity contribution in [1.29, 1.82) is 0 Å². The summed E-state index contributed by atoms with van der Waals surface area (Å²) in [5, 5.41) is 9.08. The Hall–Kier alpha value is -1.30. The molecule has 1 aromatic heterocycles. The zero-order valence-electron chi connectivity index (χ0n) is 11.5. The van der Waals surface area contributed by atoms with E-state index in [2.05, 4.69) is 15.4 Å². The van der Waals surface area contributed by atoms with Gasteiger partial charge in [-0.15, -0.1) is 0 Å². The Bertz CT molecular complexity index is 593. The minimum atomic E-state index is 0.589. The molecule has 0 amide bonds. The summed E-state index contributed by atoms with van der Waals surface area (Å²) in [6.07, 6.45) is 0.871. The molecule has 20 heavy (non-hydrogen) atoms. The second-order valence-electron chi connectivity index (χ2n) is 4.95. The molecule has 0 saturated carbocycles. The number of fused-ring (bicyclic) bond motifs is 1. The molecular formula is C14H18ClN3O2. The molecule has 0 spiro atoms. The molecule has 0 bridgehead atoms. The highest BCUT2D eigenvalue weighted by atomic mass is 35.5. The van der Waals surface area contributed by atoms with Crippen molar-refractivity contribution in [2.24, 2.45) is 0 Å². The molecule has 5 nitrogen and oxygen atoms in total. The van der Waals surface area contributed by atoms with Crippen molar-refractivity contribution < 1.29 is 9.26 Å². The van der Waals surface area contributed by atoms with Gasteiger partial charge in [0, 0.05) is 50.6 Å². The minimum Gasteiger partial charge on any atom is -0.495 e. The summed E-state index contributed by atoms with van der Waals surface area (Å²) >= 11 is 6.17.